The number of ether oxygens (including phenoxy) is 1. The van der Waals surface area contributed by atoms with Crippen LogP contribution in [0.4, 0.5) is 0 Å². The number of carbonyl (C=O) groups is 1. The zero-order valence-corrected chi connectivity index (χ0v) is 19.0. The summed E-state index contributed by atoms with van der Waals surface area (Å²) in [6, 6.07) is 15.2. The number of hydrogen-bond acceptors (Lipinski definition) is 4. The molecule has 1 aliphatic rings. The predicted octanol–water partition coefficient (Wildman–Crippen LogP) is 4.21. The molecule has 0 aromatic heterocycles. The summed E-state index contributed by atoms with van der Waals surface area (Å²) in [6.45, 7) is 9.33. The lowest BCUT2D eigenvalue weighted by Crippen LogP contribution is -2.40. The fraction of sp³-hybridized carbons (Fsp3) is 0.458. The van der Waals surface area contributed by atoms with E-state index in [0.29, 0.717) is 25.1 Å². The first-order valence-corrected chi connectivity index (χ1v) is 12.2. The standard InChI is InChI=1S/C24H31NO4S/c1-5-25(21-14-15-30(27,28)17-21)23(26)19-8-6-18(7-9-19)16-29-22-12-10-20(11-13-22)24(2,3)4/h6-13,21H,5,14-17H2,1-4H3. The summed E-state index contributed by atoms with van der Waals surface area (Å²) in [4.78, 5) is 14.6. The molecule has 1 aliphatic heterocycles. The molecule has 6 heteroatoms. The van der Waals surface area contributed by atoms with E-state index in [2.05, 4.69) is 32.9 Å². The van der Waals surface area contributed by atoms with Crippen LogP contribution in [0.5, 0.6) is 5.75 Å². The average molecular weight is 430 g/mol. The minimum absolute atomic E-state index is 0.0620. The Morgan fingerprint density at radius 1 is 1.07 bits per heavy atom. The van der Waals surface area contributed by atoms with Crippen LogP contribution in [-0.4, -0.2) is 43.3 Å². The maximum atomic E-state index is 12.9. The van der Waals surface area contributed by atoms with Crippen molar-refractivity contribution in [3.63, 3.8) is 0 Å². The van der Waals surface area contributed by atoms with Gasteiger partial charge in [-0.2, -0.15) is 0 Å². The summed E-state index contributed by atoms with van der Waals surface area (Å²) >= 11 is 0. The van der Waals surface area contributed by atoms with Crippen LogP contribution >= 0.6 is 0 Å². The van der Waals surface area contributed by atoms with Crippen molar-refractivity contribution in [2.75, 3.05) is 18.1 Å². The zero-order chi connectivity index (χ0) is 21.9. The van der Waals surface area contributed by atoms with Gasteiger partial charge in [-0.1, -0.05) is 45.0 Å². The SMILES string of the molecule is CCN(C(=O)c1ccc(COc2ccc(C(C)(C)C)cc2)cc1)C1CCS(=O)(=O)C1. The smallest absolute Gasteiger partial charge is 0.254 e. The first kappa shape index (κ1) is 22.3. The molecule has 1 unspecified atom stereocenters. The van der Waals surface area contributed by atoms with Gasteiger partial charge in [0.15, 0.2) is 9.84 Å². The van der Waals surface area contributed by atoms with E-state index in [4.69, 9.17) is 4.74 Å². The van der Waals surface area contributed by atoms with Crippen molar-refractivity contribution in [2.45, 2.75) is 52.2 Å². The van der Waals surface area contributed by atoms with E-state index in [0.717, 1.165) is 11.3 Å². The van der Waals surface area contributed by atoms with Gasteiger partial charge < -0.3 is 9.64 Å². The second-order valence-corrected chi connectivity index (χ2v) is 11.1. The Labute approximate surface area is 180 Å². The molecule has 0 aliphatic carbocycles. The van der Waals surface area contributed by atoms with Crippen molar-refractivity contribution in [1.82, 2.24) is 4.90 Å². The van der Waals surface area contributed by atoms with Gasteiger partial charge in [-0.25, -0.2) is 8.42 Å². The Morgan fingerprint density at radius 2 is 1.70 bits per heavy atom. The van der Waals surface area contributed by atoms with Gasteiger partial charge in [-0.3, -0.25) is 4.79 Å². The van der Waals surface area contributed by atoms with E-state index in [1.54, 1.807) is 17.0 Å². The van der Waals surface area contributed by atoms with E-state index in [-0.39, 0.29) is 28.9 Å². The summed E-state index contributed by atoms with van der Waals surface area (Å²) in [6.07, 6.45) is 0.516. The Hall–Kier alpha value is -2.34. The van der Waals surface area contributed by atoms with Crippen LogP contribution in [0.1, 0.15) is 55.6 Å². The fourth-order valence-corrected chi connectivity index (χ4v) is 5.45. The summed E-state index contributed by atoms with van der Waals surface area (Å²) in [7, 11) is -3.03. The molecule has 1 atom stereocenters. The highest BCUT2D eigenvalue weighted by atomic mass is 32.2. The highest BCUT2D eigenvalue weighted by Crippen LogP contribution is 2.25. The van der Waals surface area contributed by atoms with Gasteiger partial charge in [-0.15, -0.1) is 0 Å². The van der Waals surface area contributed by atoms with E-state index in [9.17, 15) is 13.2 Å². The van der Waals surface area contributed by atoms with E-state index in [1.165, 1.54) is 5.56 Å². The lowest BCUT2D eigenvalue weighted by molar-refractivity contribution is 0.0708. The van der Waals surface area contributed by atoms with Gasteiger partial charge in [0.05, 0.1) is 11.5 Å². The number of nitrogens with zero attached hydrogens (tertiary/aromatic N) is 1. The molecule has 0 spiro atoms. The number of rotatable bonds is 6. The molecular formula is C24H31NO4S. The molecular weight excluding hydrogens is 398 g/mol. The molecule has 1 amide bonds. The van der Waals surface area contributed by atoms with Crippen LogP contribution in [0.3, 0.4) is 0 Å². The Kier molecular flexibility index (Phi) is 6.56. The van der Waals surface area contributed by atoms with Crippen LogP contribution in [0.15, 0.2) is 48.5 Å². The summed E-state index contributed by atoms with van der Waals surface area (Å²) < 4.78 is 29.4. The Bertz CT molecular complexity index is 973. The molecule has 3 rings (SSSR count). The topological polar surface area (TPSA) is 63.7 Å². The first-order valence-electron chi connectivity index (χ1n) is 10.4. The van der Waals surface area contributed by atoms with Gasteiger partial charge in [0.2, 0.25) is 0 Å². The van der Waals surface area contributed by atoms with Crippen molar-refractivity contribution in [1.29, 1.82) is 0 Å². The van der Waals surface area contributed by atoms with Crippen molar-refractivity contribution in [2.24, 2.45) is 0 Å². The maximum absolute atomic E-state index is 12.9. The van der Waals surface area contributed by atoms with Crippen molar-refractivity contribution in [3.05, 3.63) is 65.2 Å². The zero-order valence-electron chi connectivity index (χ0n) is 18.2. The van der Waals surface area contributed by atoms with Crippen LogP contribution in [0.25, 0.3) is 0 Å². The molecule has 162 valence electrons. The third kappa shape index (κ3) is 5.42. The molecule has 1 heterocycles. The average Bonchev–Trinajstić information content (AvgIpc) is 3.06. The quantitative estimate of drug-likeness (QED) is 0.690. The number of carbonyl (C=O) groups excluding carboxylic acids is 1. The van der Waals surface area contributed by atoms with Crippen LogP contribution < -0.4 is 4.74 Å². The van der Waals surface area contributed by atoms with E-state index in [1.807, 2.05) is 31.2 Å². The van der Waals surface area contributed by atoms with Gasteiger partial charge in [0, 0.05) is 18.2 Å². The van der Waals surface area contributed by atoms with Gasteiger partial charge >= 0.3 is 0 Å². The Morgan fingerprint density at radius 3 is 2.20 bits per heavy atom. The molecule has 2 aromatic rings. The third-order valence-electron chi connectivity index (χ3n) is 5.58. The highest BCUT2D eigenvalue weighted by Gasteiger charge is 2.34. The maximum Gasteiger partial charge on any atom is 0.254 e. The molecule has 2 aromatic carbocycles. The van der Waals surface area contributed by atoms with Crippen LogP contribution in [0.2, 0.25) is 0 Å². The van der Waals surface area contributed by atoms with Crippen molar-refractivity contribution in [3.8, 4) is 5.75 Å². The molecule has 0 saturated carbocycles. The van der Waals surface area contributed by atoms with Crippen LogP contribution in [0, 0.1) is 0 Å². The number of benzene rings is 2. The molecule has 1 fully saturated rings. The number of hydrogen-bond donors (Lipinski definition) is 0. The van der Waals surface area contributed by atoms with Gasteiger partial charge in [-0.05, 0) is 54.2 Å². The summed E-state index contributed by atoms with van der Waals surface area (Å²) in [5.41, 5.74) is 2.90. The predicted molar refractivity (Wildman–Crippen MR) is 120 cm³/mol. The van der Waals surface area contributed by atoms with Gasteiger partial charge in [0.1, 0.15) is 12.4 Å². The molecule has 0 bridgehead atoms. The summed E-state index contributed by atoms with van der Waals surface area (Å²) in [5.74, 6) is 0.911. The lowest BCUT2D eigenvalue weighted by atomic mass is 9.87. The molecule has 1 saturated heterocycles. The van der Waals surface area contributed by atoms with E-state index < -0.39 is 9.84 Å². The minimum atomic E-state index is -3.03. The van der Waals surface area contributed by atoms with Crippen molar-refractivity contribution >= 4 is 15.7 Å². The fourth-order valence-electron chi connectivity index (χ4n) is 3.72. The van der Waals surface area contributed by atoms with Crippen molar-refractivity contribution < 1.29 is 17.9 Å². The Balaban J connectivity index is 1.61. The monoisotopic (exact) mass is 429 g/mol. The minimum Gasteiger partial charge on any atom is -0.489 e. The van der Waals surface area contributed by atoms with Gasteiger partial charge in [0.25, 0.3) is 5.91 Å². The molecule has 5 nitrogen and oxygen atoms in total. The normalized spacial score (nSPS) is 18.2. The third-order valence-corrected chi connectivity index (χ3v) is 7.33. The first-order chi connectivity index (χ1) is 14.1. The largest absolute Gasteiger partial charge is 0.489 e. The molecule has 0 radical (unpaired) electrons. The van der Waals surface area contributed by atoms with E-state index >= 15 is 0 Å². The number of sulfone groups is 1. The lowest BCUT2D eigenvalue weighted by Gasteiger charge is -2.27. The summed E-state index contributed by atoms with van der Waals surface area (Å²) in [5, 5.41) is 0. The second-order valence-electron chi connectivity index (χ2n) is 8.91. The highest BCUT2D eigenvalue weighted by molar-refractivity contribution is 7.91. The number of amides is 1. The van der Waals surface area contributed by atoms with Crippen LogP contribution in [-0.2, 0) is 21.9 Å². The molecule has 0 N–H and O–H groups in total. The second kappa shape index (κ2) is 8.80. The molecule has 30 heavy (non-hydrogen) atoms.